The van der Waals surface area contributed by atoms with Gasteiger partial charge in [0.25, 0.3) is 0 Å². The van der Waals surface area contributed by atoms with E-state index in [0.29, 0.717) is 17.4 Å². The standard InChI is InChI=1S/C14H16BrN3O2/c15-9-6-7-11(16-8-9)13-17-14(20-18-13)10-4-2-1-3-5-12(10)19/h6-8,10,12,19H,1-5H2. The maximum atomic E-state index is 10.2. The van der Waals surface area contributed by atoms with Crippen LogP contribution in [0.4, 0.5) is 0 Å². The molecule has 1 fully saturated rings. The van der Waals surface area contributed by atoms with E-state index in [1.807, 2.05) is 12.1 Å². The molecule has 0 amide bonds. The van der Waals surface area contributed by atoms with Crippen molar-refractivity contribution in [2.75, 3.05) is 0 Å². The predicted octanol–water partition coefficient (Wildman–Crippen LogP) is 3.30. The van der Waals surface area contributed by atoms with E-state index in [2.05, 4.69) is 31.1 Å². The van der Waals surface area contributed by atoms with Crippen molar-refractivity contribution in [3.05, 3.63) is 28.7 Å². The maximum absolute atomic E-state index is 10.2. The second-order valence-electron chi connectivity index (χ2n) is 5.13. The number of hydrogen-bond donors (Lipinski definition) is 1. The summed E-state index contributed by atoms with van der Waals surface area (Å²) in [4.78, 5) is 8.66. The van der Waals surface area contributed by atoms with Crippen LogP contribution in [0.1, 0.15) is 43.9 Å². The molecule has 106 valence electrons. The minimum atomic E-state index is -0.385. The Labute approximate surface area is 125 Å². The van der Waals surface area contributed by atoms with Gasteiger partial charge in [-0.15, -0.1) is 0 Å². The molecular weight excluding hydrogens is 322 g/mol. The first-order valence-electron chi connectivity index (χ1n) is 6.87. The molecule has 0 saturated heterocycles. The topological polar surface area (TPSA) is 72.0 Å². The quantitative estimate of drug-likeness (QED) is 0.851. The van der Waals surface area contributed by atoms with Gasteiger partial charge in [0.05, 0.1) is 12.0 Å². The van der Waals surface area contributed by atoms with Crippen molar-refractivity contribution in [3.8, 4) is 11.5 Å². The highest BCUT2D eigenvalue weighted by Gasteiger charge is 2.28. The van der Waals surface area contributed by atoms with Gasteiger partial charge in [0.1, 0.15) is 5.69 Å². The second kappa shape index (κ2) is 6.01. The average Bonchev–Trinajstić information content (AvgIpc) is 2.83. The minimum Gasteiger partial charge on any atom is -0.392 e. The fourth-order valence-electron chi connectivity index (χ4n) is 2.57. The Morgan fingerprint density at radius 2 is 2.05 bits per heavy atom. The Balaban J connectivity index is 1.83. The van der Waals surface area contributed by atoms with Gasteiger partial charge >= 0.3 is 0 Å². The molecule has 1 saturated carbocycles. The molecule has 5 nitrogen and oxygen atoms in total. The van der Waals surface area contributed by atoms with Crippen LogP contribution in [0.2, 0.25) is 0 Å². The third-order valence-electron chi connectivity index (χ3n) is 3.69. The Morgan fingerprint density at radius 1 is 1.20 bits per heavy atom. The van der Waals surface area contributed by atoms with Crippen LogP contribution >= 0.6 is 15.9 Å². The van der Waals surface area contributed by atoms with Crippen LogP contribution in [-0.4, -0.2) is 26.3 Å². The molecule has 2 unspecified atom stereocenters. The summed E-state index contributed by atoms with van der Waals surface area (Å²) >= 11 is 3.34. The van der Waals surface area contributed by atoms with Crippen LogP contribution in [0, 0.1) is 0 Å². The number of halogens is 1. The van der Waals surface area contributed by atoms with E-state index in [-0.39, 0.29) is 12.0 Å². The third kappa shape index (κ3) is 2.91. The summed E-state index contributed by atoms with van der Waals surface area (Å²) in [6.45, 7) is 0. The molecule has 2 aromatic rings. The number of nitrogens with zero attached hydrogens (tertiary/aromatic N) is 3. The molecule has 0 spiro atoms. The first-order valence-corrected chi connectivity index (χ1v) is 7.67. The van der Waals surface area contributed by atoms with E-state index in [1.165, 1.54) is 0 Å². The molecule has 20 heavy (non-hydrogen) atoms. The molecule has 2 heterocycles. The van der Waals surface area contributed by atoms with E-state index in [9.17, 15) is 5.11 Å². The van der Waals surface area contributed by atoms with E-state index in [4.69, 9.17) is 4.52 Å². The largest absolute Gasteiger partial charge is 0.392 e. The maximum Gasteiger partial charge on any atom is 0.232 e. The predicted molar refractivity (Wildman–Crippen MR) is 77.1 cm³/mol. The lowest BCUT2D eigenvalue weighted by molar-refractivity contribution is 0.119. The SMILES string of the molecule is OC1CCCCCC1c1nc(-c2ccc(Br)cn2)no1. The summed E-state index contributed by atoms with van der Waals surface area (Å²) in [5.74, 6) is 0.956. The van der Waals surface area contributed by atoms with Crippen molar-refractivity contribution < 1.29 is 9.63 Å². The zero-order chi connectivity index (χ0) is 13.9. The second-order valence-corrected chi connectivity index (χ2v) is 6.05. The van der Waals surface area contributed by atoms with Crippen LogP contribution in [0.25, 0.3) is 11.5 Å². The summed E-state index contributed by atoms with van der Waals surface area (Å²) < 4.78 is 6.25. The smallest absolute Gasteiger partial charge is 0.232 e. The molecule has 1 N–H and O–H groups in total. The molecule has 0 aliphatic heterocycles. The molecule has 0 aromatic carbocycles. The van der Waals surface area contributed by atoms with Gasteiger partial charge in [0.15, 0.2) is 0 Å². The highest BCUT2D eigenvalue weighted by atomic mass is 79.9. The van der Waals surface area contributed by atoms with E-state index >= 15 is 0 Å². The summed E-state index contributed by atoms with van der Waals surface area (Å²) in [6, 6.07) is 3.72. The summed E-state index contributed by atoms with van der Waals surface area (Å²) in [6.07, 6.45) is 6.33. The van der Waals surface area contributed by atoms with Crippen LogP contribution in [0.15, 0.2) is 27.3 Å². The number of aliphatic hydroxyl groups excluding tert-OH is 1. The normalized spacial score (nSPS) is 23.5. The minimum absolute atomic E-state index is 0.0470. The first-order chi connectivity index (χ1) is 9.74. The lowest BCUT2D eigenvalue weighted by Gasteiger charge is -2.15. The van der Waals surface area contributed by atoms with Gasteiger partial charge in [-0.2, -0.15) is 4.98 Å². The van der Waals surface area contributed by atoms with Crippen molar-refractivity contribution in [1.29, 1.82) is 0 Å². The zero-order valence-electron chi connectivity index (χ0n) is 11.0. The third-order valence-corrected chi connectivity index (χ3v) is 4.16. The van der Waals surface area contributed by atoms with Crippen molar-refractivity contribution in [1.82, 2.24) is 15.1 Å². The fourth-order valence-corrected chi connectivity index (χ4v) is 2.81. The highest BCUT2D eigenvalue weighted by Crippen LogP contribution is 2.31. The molecule has 0 radical (unpaired) electrons. The zero-order valence-corrected chi connectivity index (χ0v) is 12.6. The molecule has 3 rings (SSSR count). The molecule has 2 atom stereocenters. The van der Waals surface area contributed by atoms with Gasteiger partial charge in [-0.25, -0.2) is 0 Å². The first kappa shape index (κ1) is 13.7. The Hall–Kier alpha value is -1.27. The van der Waals surface area contributed by atoms with E-state index in [1.54, 1.807) is 6.20 Å². The molecule has 2 aromatic heterocycles. The van der Waals surface area contributed by atoms with Gasteiger partial charge in [0.2, 0.25) is 11.7 Å². The number of pyridine rings is 1. The molecule has 1 aliphatic rings. The van der Waals surface area contributed by atoms with Gasteiger partial charge in [-0.3, -0.25) is 4.98 Å². The number of aliphatic hydroxyl groups is 1. The van der Waals surface area contributed by atoms with Crippen LogP contribution in [0.3, 0.4) is 0 Å². The van der Waals surface area contributed by atoms with E-state index < -0.39 is 0 Å². The van der Waals surface area contributed by atoms with Crippen LogP contribution in [0.5, 0.6) is 0 Å². The van der Waals surface area contributed by atoms with E-state index in [0.717, 1.165) is 36.6 Å². The lowest BCUT2D eigenvalue weighted by Crippen LogP contribution is -2.17. The van der Waals surface area contributed by atoms with Crippen molar-refractivity contribution in [3.63, 3.8) is 0 Å². The van der Waals surface area contributed by atoms with Crippen molar-refractivity contribution in [2.45, 2.75) is 44.1 Å². The number of hydrogen-bond acceptors (Lipinski definition) is 5. The fraction of sp³-hybridized carbons (Fsp3) is 0.500. The lowest BCUT2D eigenvalue weighted by atomic mass is 9.97. The van der Waals surface area contributed by atoms with Crippen LogP contribution in [-0.2, 0) is 0 Å². The molecule has 0 bridgehead atoms. The average molecular weight is 338 g/mol. The monoisotopic (exact) mass is 337 g/mol. The Morgan fingerprint density at radius 3 is 2.85 bits per heavy atom. The highest BCUT2D eigenvalue weighted by molar-refractivity contribution is 9.10. The van der Waals surface area contributed by atoms with Gasteiger partial charge < -0.3 is 9.63 Å². The summed E-state index contributed by atoms with van der Waals surface area (Å²) in [5.41, 5.74) is 0.673. The molecule has 6 heteroatoms. The number of aromatic nitrogens is 3. The summed E-state index contributed by atoms with van der Waals surface area (Å²) in [5, 5.41) is 14.2. The van der Waals surface area contributed by atoms with Crippen molar-refractivity contribution >= 4 is 15.9 Å². The van der Waals surface area contributed by atoms with Gasteiger partial charge in [-0.05, 0) is 40.9 Å². The Kier molecular flexibility index (Phi) is 4.12. The van der Waals surface area contributed by atoms with Crippen molar-refractivity contribution in [2.24, 2.45) is 0 Å². The van der Waals surface area contributed by atoms with Gasteiger partial charge in [-0.1, -0.05) is 24.4 Å². The van der Waals surface area contributed by atoms with Crippen LogP contribution < -0.4 is 0 Å². The number of rotatable bonds is 2. The Bertz CT molecular complexity index is 570. The summed E-state index contributed by atoms with van der Waals surface area (Å²) in [7, 11) is 0. The molecular formula is C14H16BrN3O2. The molecule has 1 aliphatic carbocycles. The van der Waals surface area contributed by atoms with Gasteiger partial charge in [0, 0.05) is 10.7 Å².